The molecule has 1 saturated heterocycles. The molecule has 0 bridgehead atoms. The molecule has 0 N–H and O–H groups in total. The minimum Gasteiger partial charge on any atom is -0.378 e. The molecule has 1 saturated carbocycles. The molecule has 0 aromatic rings. The van der Waals surface area contributed by atoms with E-state index in [1.807, 2.05) is 0 Å². The normalized spacial score (nSPS) is 27.2. The highest BCUT2D eigenvalue weighted by Crippen LogP contribution is 2.47. The number of hydrogen-bond donors (Lipinski definition) is 0. The van der Waals surface area contributed by atoms with Crippen LogP contribution in [0.4, 0.5) is 0 Å². The fourth-order valence-electron chi connectivity index (χ4n) is 3.20. The van der Waals surface area contributed by atoms with Gasteiger partial charge in [-0.15, -0.1) is 0 Å². The maximum Gasteiger partial charge on any atom is 0.0538 e. The van der Waals surface area contributed by atoms with E-state index >= 15 is 0 Å². The Morgan fingerprint density at radius 3 is 2.58 bits per heavy atom. The molecule has 0 amide bonds. The summed E-state index contributed by atoms with van der Waals surface area (Å²) in [7, 11) is 4.39. The van der Waals surface area contributed by atoms with Crippen molar-refractivity contribution in [3.63, 3.8) is 0 Å². The summed E-state index contributed by atoms with van der Waals surface area (Å²) in [5, 5.41) is 0. The summed E-state index contributed by atoms with van der Waals surface area (Å²) in [5.41, 5.74) is 0.492. The maximum absolute atomic E-state index is 5.89. The SMILES string of the molecule is CC(C)OCC1(CN2CCCC[C@@H]2CN(C)C)CC1. The summed E-state index contributed by atoms with van der Waals surface area (Å²) >= 11 is 0. The molecule has 0 unspecified atom stereocenters. The molecule has 19 heavy (non-hydrogen) atoms. The Morgan fingerprint density at radius 1 is 1.26 bits per heavy atom. The van der Waals surface area contributed by atoms with Gasteiger partial charge in [0.25, 0.3) is 0 Å². The van der Waals surface area contributed by atoms with Crippen molar-refractivity contribution in [1.82, 2.24) is 9.80 Å². The molecular formula is C16H32N2O. The van der Waals surface area contributed by atoms with Gasteiger partial charge in [-0.05, 0) is 60.2 Å². The van der Waals surface area contributed by atoms with Crippen LogP contribution in [0, 0.1) is 5.41 Å². The van der Waals surface area contributed by atoms with Gasteiger partial charge in [0.05, 0.1) is 12.7 Å². The second-order valence-corrected chi connectivity index (χ2v) is 7.24. The second kappa shape index (κ2) is 6.55. The van der Waals surface area contributed by atoms with E-state index in [1.54, 1.807) is 0 Å². The minimum absolute atomic E-state index is 0.372. The molecule has 1 atom stereocenters. The largest absolute Gasteiger partial charge is 0.378 e. The minimum atomic E-state index is 0.372. The molecule has 3 nitrogen and oxygen atoms in total. The van der Waals surface area contributed by atoms with Gasteiger partial charge in [0, 0.05) is 24.5 Å². The summed E-state index contributed by atoms with van der Waals surface area (Å²) in [5.74, 6) is 0. The fourth-order valence-corrected chi connectivity index (χ4v) is 3.20. The summed E-state index contributed by atoms with van der Waals surface area (Å²) in [6.07, 6.45) is 7.27. The third-order valence-corrected chi connectivity index (χ3v) is 4.54. The molecule has 0 aromatic heterocycles. The highest BCUT2D eigenvalue weighted by atomic mass is 16.5. The predicted molar refractivity (Wildman–Crippen MR) is 80.5 cm³/mol. The lowest BCUT2D eigenvalue weighted by Crippen LogP contribution is -2.48. The lowest BCUT2D eigenvalue weighted by molar-refractivity contribution is 0.0169. The molecule has 112 valence electrons. The van der Waals surface area contributed by atoms with Crippen LogP contribution in [0.3, 0.4) is 0 Å². The number of hydrogen-bond acceptors (Lipinski definition) is 3. The number of piperidine rings is 1. The van der Waals surface area contributed by atoms with Crippen molar-refractivity contribution >= 4 is 0 Å². The van der Waals surface area contributed by atoms with Crippen LogP contribution >= 0.6 is 0 Å². The Hall–Kier alpha value is -0.120. The van der Waals surface area contributed by atoms with Crippen molar-refractivity contribution in [1.29, 1.82) is 0 Å². The molecule has 2 rings (SSSR count). The molecule has 1 aliphatic carbocycles. The Morgan fingerprint density at radius 2 is 2.00 bits per heavy atom. The first-order valence-electron chi connectivity index (χ1n) is 8.01. The molecule has 2 fully saturated rings. The molecular weight excluding hydrogens is 236 g/mol. The van der Waals surface area contributed by atoms with Crippen LogP contribution in [-0.4, -0.2) is 62.3 Å². The number of ether oxygens (including phenoxy) is 1. The zero-order valence-electron chi connectivity index (χ0n) is 13.3. The van der Waals surface area contributed by atoms with Gasteiger partial charge < -0.3 is 9.64 Å². The van der Waals surface area contributed by atoms with Gasteiger partial charge in [0.2, 0.25) is 0 Å². The quantitative estimate of drug-likeness (QED) is 0.706. The fraction of sp³-hybridized carbons (Fsp3) is 1.00. The topological polar surface area (TPSA) is 15.7 Å². The lowest BCUT2D eigenvalue weighted by Gasteiger charge is -2.39. The van der Waals surface area contributed by atoms with Crippen LogP contribution in [0.5, 0.6) is 0 Å². The number of rotatable bonds is 7. The smallest absolute Gasteiger partial charge is 0.0538 e. The van der Waals surface area contributed by atoms with Gasteiger partial charge >= 0.3 is 0 Å². The van der Waals surface area contributed by atoms with Crippen LogP contribution in [0.25, 0.3) is 0 Å². The van der Waals surface area contributed by atoms with E-state index in [4.69, 9.17) is 4.74 Å². The van der Waals surface area contributed by atoms with Crippen LogP contribution in [-0.2, 0) is 4.74 Å². The molecule has 2 aliphatic rings. The van der Waals surface area contributed by atoms with Gasteiger partial charge in [-0.25, -0.2) is 0 Å². The van der Waals surface area contributed by atoms with E-state index in [0.717, 1.165) is 12.6 Å². The van der Waals surface area contributed by atoms with E-state index in [-0.39, 0.29) is 0 Å². The second-order valence-electron chi connectivity index (χ2n) is 7.24. The Balaban J connectivity index is 1.85. The van der Waals surface area contributed by atoms with Crippen molar-refractivity contribution in [3.8, 4) is 0 Å². The Labute approximate surface area is 119 Å². The highest BCUT2D eigenvalue weighted by molar-refractivity contribution is 4.97. The molecule has 0 spiro atoms. The molecule has 1 heterocycles. The molecule has 0 radical (unpaired) electrons. The van der Waals surface area contributed by atoms with E-state index in [1.165, 1.54) is 51.7 Å². The van der Waals surface area contributed by atoms with E-state index < -0.39 is 0 Å². The summed E-state index contributed by atoms with van der Waals surface area (Å²) < 4.78 is 5.89. The number of likely N-dealkylation sites (tertiary alicyclic amines) is 1. The Bertz CT molecular complexity index is 274. The first-order chi connectivity index (χ1) is 9.01. The summed E-state index contributed by atoms with van der Waals surface area (Å²) in [6.45, 7) is 9.02. The van der Waals surface area contributed by atoms with E-state index in [9.17, 15) is 0 Å². The third kappa shape index (κ3) is 4.73. The number of nitrogens with zero attached hydrogens (tertiary/aromatic N) is 2. The average Bonchev–Trinajstić information content (AvgIpc) is 3.09. The first kappa shape index (κ1) is 15.3. The van der Waals surface area contributed by atoms with Crippen LogP contribution in [0.1, 0.15) is 46.0 Å². The monoisotopic (exact) mass is 268 g/mol. The molecule has 1 aliphatic heterocycles. The van der Waals surface area contributed by atoms with E-state index in [2.05, 4.69) is 37.7 Å². The standard InChI is InChI=1S/C16H32N2O/c1-14(2)19-13-16(8-9-16)12-18-10-6-5-7-15(18)11-17(3)4/h14-15H,5-13H2,1-4H3/t15-/m1/s1. The van der Waals surface area contributed by atoms with Gasteiger partial charge in [0.1, 0.15) is 0 Å². The summed E-state index contributed by atoms with van der Waals surface area (Å²) in [6, 6.07) is 0.764. The van der Waals surface area contributed by atoms with Gasteiger partial charge in [-0.1, -0.05) is 6.42 Å². The van der Waals surface area contributed by atoms with Gasteiger partial charge in [-0.3, -0.25) is 4.90 Å². The van der Waals surface area contributed by atoms with Gasteiger partial charge in [0.15, 0.2) is 0 Å². The summed E-state index contributed by atoms with van der Waals surface area (Å²) in [4.78, 5) is 5.09. The van der Waals surface area contributed by atoms with Crippen molar-refractivity contribution in [2.24, 2.45) is 5.41 Å². The van der Waals surface area contributed by atoms with Crippen molar-refractivity contribution in [2.75, 3.05) is 40.3 Å². The van der Waals surface area contributed by atoms with Crippen molar-refractivity contribution in [2.45, 2.75) is 58.1 Å². The number of likely N-dealkylation sites (N-methyl/N-ethyl adjacent to an activating group) is 1. The average molecular weight is 268 g/mol. The molecule has 0 aromatic carbocycles. The lowest BCUT2D eigenvalue weighted by atomic mass is 9.98. The highest BCUT2D eigenvalue weighted by Gasteiger charge is 2.45. The maximum atomic E-state index is 5.89. The van der Waals surface area contributed by atoms with Crippen LogP contribution < -0.4 is 0 Å². The van der Waals surface area contributed by atoms with Crippen LogP contribution in [0.15, 0.2) is 0 Å². The zero-order valence-corrected chi connectivity index (χ0v) is 13.3. The molecule has 3 heteroatoms. The van der Waals surface area contributed by atoms with Crippen molar-refractivity contribution < 1.29 is 4.74 Å². The Kier molecular flexibility index (Phi) is 5.27. The van der Waals surface area contributed by atoms with E-state index in [0.29, 0.717) is 11.5 Å². The third-order valence-electron chi connectivity index (χ3n) is 4.54. The predicted octanol–water partition coefficient (Wildman–Crippen LogP) is 2.61. The van der Waals surface area contributed by atoms with Gasteiger partial charge in [-0.2, -0.15) is 0 Å². The zero-order chi connectivity index (χ0) is 13.9. The van der Waals surface area contributed by atoms with Crippen LogP contribution in [0.2, 0.25) is 0 Å². The first-order valence-corrected chi connectivity index (χ1v) is 8.01. The van der Waals surface area contributed by atoms with Crippen molar-refractivity contribution in [3.05, 3.63) is 0 Å².